The van der Waals surface area contributed by atoms with Gasteiger partial charge in [0.2, 0.25) is 0 Å². The third-order valence-electron chi connectivity index (χ3n) is 4.73. The summed E-state index contributed by atoms with van der Waals surface area (Å²) in [5, 5.41) is 1.10. The number of cyclic esters (lactones) is 1. The van der Waals surface area contributed by atoms with Crippen molar-refractivity contribution in [3.05, 3.63) is 33.8 Å². The highest BCUT2D eigenvalue weighted by Gasteiger charge is 2.30. The second-order valence-electron chi connectivity index (χ2n) is 6.36. The molecule has 1 amide bonds. The van der Waals surface area contributed by atoms with E-state index in [4.69, 9.17) is 27.9 Å². The van der Waals surface area contributed by atoms with Gasteiger partial charge >= 0.3 is 6.09 Å². The molecule has 1 unspecified atom stereocenters. The fourth-order valence-electron chi connectivity index (χ4n) is 3.45. The van der Waals surface area contributed by atoms with Crippen molar-refractivity contribution >= 4 is 29.3 Å². The van der Waals surface area contributed by atoms with Gasteiger partial charge in [-0.2, -0.15) is 0 Å². The maximum atomic E-state index is 12.0. The van der Waals surface area contributed by atoms with Gasteiger partial charge in [0.05, 0.1) is 10.0 Å². The number of halogens is 2. The molecular weight excluding hydrogens is 321 g/mol. The van der Waals surface area contributed by atoms with Gasteiger partial charge in [-0.05, 0) is 36.5 Å². The smallest absolute Gasteiger partial charge is 0.409 e. The van der Waals surface area contributed by atoms with Crippen molar-refractivity contribution in [1.82, 2.24) is 4.90 Å². The molecule has 1 atom stereocenters. The average molecular weight is 342 g/mol. The van der Waals surface area contributed by atoms with Crippen molar-refractivity contribution in [3.8, 4) is 0 Å². The van der Waals surface area contributed by atoms with E-state index in [0.29, 0.717) is 29.1 Å². The first kappa shape index (κ1) is 15.9. The Morgan fingerprint density at radius 3 is 2.64 bits per heavy atom. The maximum Gasteiger partial charge on any atom is 0.409 e. The first-order valence-electron chi connectivity index (χ1n) is 8.00. The lowest BCUT2D eigenvalue weighted by Crippen LogP contribution is -2.44. The van der Waals surface area contributed by atoms with Crippen LogP contribution in [0.4, 0.5) is 4.79 Å². The third-order valence-corrected chi connectivity index (χ3v) is 5.46. The Labute approximate surface area is 141 Å². The quantitative estimate of drug-likeness (QED) is 0.764. The van der Waals surface area contributed by atoms with Gasteiger partial charge in [0.15, 0.2) is 0 Å². The number of ether oxygens (including phenoxy) is 1. The van der Waals surface area contributed by atoms with Crippen LogP contribution in [-0.4, -0.2) is 30.7 Å². The number of carbonyl (C=O) groups is 1. The van der Waals surface area contributed by atoms with E-state index >= 15 is 0 Å². The molecule has 1 saturated heterocycles. The standard InChI is InChI=1S/C17H21Cl2NO2/c18-15-7-6-13(8-16(15)19)14-10-20(17(21)22-11-14)9-12-4-2-1-3-5-12/h6-8,12,14H,1-5,9-11H2. The lowest BCUT2D eigenvalue weighted by atomic mass is 9.88. The predicted octanol–water partition coefficient (Wildman–Crippen LogP) is 5.11. The molecule has 0 spiro atoms. The second kappa shape index (κ2) is 7.10. The Morgan fingerprint density at radius 2 is 1.91 bits per heavy atom. The number of rotatable bonds is 3. The number of hydrogen-bond donors (Lipinski definition) is 0. The van der Waals surface area contributed by atoms with Gasteiger partial charge in [-0.15, -0.1) is 0 Å². The highest BCUT2D eigenvalue weighted by molar-refractivity contribution is 6.42. The largest absolute Gasteiger partial charge is 0.449 e. The predicted molar refractivity (Wildman–Crippen MR) is 88.7 cm³/mol. The normalized spacial score (nSPS) is 23.5. The van der Waals surface area contributed by atoms with Gasteiger partial charge in [0.1, 0.15) is 6.61 Å². The zero-order valence-electron chi connectivity index (χ0n) is 12.6. The molecule has 22 heavy (non-hydrogen) atoms. The SMILES string of the molecule is O=C1OCC(c2ccc(Cl)c(Cl)c2)CN1CC1CCCCC1. The van der Waals surface area contributed by atoms with Crippen LogP contribution in [0, 0.1) is 5.92 Å². The molecule has 0 radical (unpaired) electrons. The summed E-state index contributed by atoms with van der Waals surface area (Å²) in [7, 11) is 0. The molecule has 1 aromatic rings. The van der Waals surface area contributed by atoms with Crippen molar-refractivity contribution in [2.24, 2.45) is 5.92 Å². The molecule has 1 heterocycles. The molecule has 120 valence electrons. The molecule has 1 aromatic carbocycles. The van der Waals surface area contributed by atoms with Gasteiger partial charge in [0, 0.05) is 19.0 Å². The summed E-state index contributed by atoms with van der Waals surface area (Å²) in [6, 6.07) is 5.66. The Morgan fingerprint density at radius 1 is 1.14 bits per heavy atom. The first-order chi connectivity index (χ1) is 10.6. The Balaban J connectivity index is 1.66. The van der Waals surface area contributed by atoms with Gasteiger partial charge in [-0.3, -0.25) is 0 Å². The van der Waals surface area contributed by atoms with E-state index in [1.54, 1.807) is 6.07 Å². The van der Waals surface area contributed by atoms with Crippen LogP contribution in [0.3, 0.4) is 0 Å². The van der Waals surface area contributed by atoms with Crippen molar-refractivity contribution in [3.63, 3.8) is 0 Å². The summed E-state index contributed by atoms with van der Waals surface area (Å²) in [5.74, 6) is 0.782. The van der Waals surface area contributed by atoms with Crippen molar-refractivity contribution in [2.75, 3.05) is 19.7 Å². The van der Waals surface area contributed by atoms with Crippen LogP contribution in [0.2, 0.25) is 10.0 Å². The van der Waals surface area contributed by atoms with Crippen LogP contribution >= 0.6 is 23.2 Å². The van der Waals surface area contributed by atoms with Crippen LogP contribution in [0.15, 0.2) is 18.2 Å². The maximum absolute atomic E-state index is 12.0. The molecule has 3 rings (SSSR count). The van der Waals surface area contributed by atoms with E-state index in [0.717, 1.165) is 12.1 Å². The van der Waals surface area contributed by atoms with E-state index in [2.05, 4.69) is 0 Å². The Hall–Kier alpha value is -0.930. The first-order valence-corrected chi connectivity index (χ1v) is 8.75. The van der Waals surface area contributed by atoms with Crippen LogP contribution < -0.4 is 0 Å². The van der Waals surface area contributed by atoms with Gasteiger partial charge in [0.25, 0.3) is 0 Å². The fraction of sp³-hybridized carbons (Fsp3) is 0.588. The molecule has 2 fully saturated rings. The van der Waals surface area contributed by atoms with Crippen molar-refractivity contribution in [1.29, 1.82) is 0 Å². The minimum absolute atomic E-state index is 0.163. The molecule has 5 heteroatoms. The minimum atomic E-state index is -0.179. The summed E-state index contributed by atoms with van der Waals surface area (Å²) in [5.41, 5.74) is 1.08. The highest BCUT2D eigenvalue weighted by atomic mass is 35.5. The summed E-state index contributed by atoms with van der Waals surface area (Å²) in [6.07, 6.45) is 6.16. The number of carbonyl (C=O) groups excluding carboxylic acids is 1. The van der Waals surface area contributed by atoms with Gasteiger partial charge < -0.3 is 9.64 Å². The zero-order valence-corrected chi connectivity index (χ0v) is 14.1. The molecule has 0 aromatic heterocycles. The second-order valence-corrected chi connectivity index (χ2v) is 7.17. The molecule has 3 nitrogen and oxygen atoms in total. The average Bonchev–Trinajstić information content (AvgIpc) is 2.53. The molecule has 0 N–H and O–H groups in total. The van der Waals surface area contributed by atoms with Crippen molar-refractivity contribution < 1.29 is 9.53 Å². The fourth-order valence-corrected chi connectivity index (χ4v) is 3.76. The summed E-state index contributed by atoms with van der Waals surface area (Å²) >= 11 is 12.1. The molecule has 2 aliphatic rings. The molecule has 0 bridgehead atoms. The van der Waals surface area contributed by atoms with E-state index in [9.17, 15) is 4.79 Å². The van der Waals surface area contributed by atoms with E-state index < -0.39 is 0 Å². The van der Waals surface area contributed by atoms with Gasteiger partial charge in [-0.1, -0.05) is 48.5 Å². The Kier molecular flexibility index (Phi) is 5.14. The Bertz CT molecular complexity index is 543. The molecule has 1 aliphatic carbocycles. The molecule has 1 saturated carbocycles. The summed E-state index contributed by atoms with van der Waals surface area (Å²) < 4.78 is 5.38. The van der Waals surface area contributed by atoms with E-state index in [1.807, 2.05) is 17.0 Å². The van der Waals surface area contributed by atoms with Crippen LogP contribution in [0.1, 0.15) is 43.6 Å². The van der Waals surface area contributed by atoms with Crippen LogP contribution in [0.5, 0.6) is 0 Å². The number of benzene rings is 1. The van der Waals surface area contributed by atoms with Crippen molar-refractivity contribution in [2.45, 2.75) is 38.0 Å². The molecule has 1 aliphatic heterocycles. The lowest BCUT2D eigenvalue weighted by Gasteiger charge is -2.35. The summed E-state index contributed by atoms with van der Waals surface area (Å²) in [6.45, 7) is 1.93. The van der Waals surface area contributed by atoms with Gasteiger partial charge in [-0.25, -0.2) is 4.79 Å². The number of nitrogens with zero attached hydrogens (tertiary/aromatic N) is 1. The van der Waals surface area contributed by atoms with E-state index in [1.165, 1.54) is 32.1 Å². The highest BCUT2D eigenvalue weighted by Crippen LogP contribution is 2.31. The van der Waals surface area contributed by atoms with E-state index in [-0.39, 0.29) is 12.0 Å². The molecular formula is C17H21Cl2NO2. The monoisotopic (exact) mass is 341 g/mol. The van der Waals surface area contributed by atoms with Crippen LogP contribution in [-0.2, 0) is 4.74 Å². The third kappa shape index (κ3) is 3.69. The number of amides is 1. The van der Waals surface area contributed by atoms with Crippen LogP contribution in [0.25, 0.3) is 0 Å². The zero-order chi connectivity index (χ0) is 15.5. The number of hydrogen-bond acceptors (Lipinski definition) is 2. The topological polar surface area (TPSA) is 29.5 Å². The summed E-state index contributed by atoms with van der Waals surface area (Å²) in [4.78, 5) is 13.9. The minimum Gasteiger partial charge on any atom is -0.449 e. The lowest BCUT2D eigenvalue weighted by molar-refractivity contribution is 0.0526.